The smallest absolute Gasteiger partial charge is 0.277 e. The number of nitrogens with one attached hydrogen (secondary N) is 3. The van der Waals surface area contributed by atoms with Crippen molar-refractivity contribution < 1.29 is 0 Å². The van der Waals surface area contributed by atoms with Crippen molar-refractivity contribution in [2.45, 2.75) is 6.92 Å². The molecular weight excluding hydrogens is 120 g/mol. The molecule has 0 saturated heterocycles. The van der Waals surface area contributed by atoms with Crippen LogP contribution in [0.4, 0.5) is 5.95 Å². The molecule has 0 saturated carbocycles. The topological polar surface area (TPSA) is 78.5 Å². The minimum Gasteiger partial charge on any atom is -0.287 e. The quantitative estimate of drug-likeness (QED) is 0.461. The average Bonchev–Trinajstić information content (AvgIpc) is 2.34. The van der Waals surface area contributed by atoms with Crippen molar-refractivity contribution in [1.82, 2.24) is 26.0 Å². The minimum atomic E-state index is 0.455. The Kier molecular flexibility index (Phi) is 1.97. The second-order valence-electron chi connectivity index (χ2n) is 1.39. The molecule has 1 aromatic rings. The van der Waals surface area contributed by atoms with Crippen LogP contribution in [0.1, 0.15) is 6.92 Å². The normalized spacial score (nSPS) is 9.44. The van der Waals surface area contributed by atoms with Crippen molar-refractivity contribution in [2.24, 2.45) is 0 Å². The predicted molar refractivity (Wildman–Crippen MR) is 31.5 cm³/mol. The van der Waals surface area contributed by atoms with Crippen molar-refractivity contribution in [3.8, 4) is 0 Å². The lowest BCUT2D eigenvalue weighted by atomic mass is 10.8. The molecule has 3 N–H and O–H groups in total. The Morgan fingerprint density at radius 1 is 1.67 bits per heavy atom. The summed E-state index contributed by atoms with van der Waals surface area (Å²) in [6.07, 6.45) is 0. The van der Waals surface area contributed by atoms with Crippen LogP contribution in [0.15, 0.2) is 0 Å². The Hall–Kier alpha value is -1.17. The number of hydrazine groups is 1. The van der Waals surface area contributed by atoms with Gasteiger partial charge in [0.2, 0.25) is 0 Å². The summed E-state index contributed by atoms with van der Waals surface area (Å²) < 4.78 is 0. The molecule has 0 fully saturated rings. The van der Waals surface area contributed by atoms with Crippen LogP contribution in [0.5, 0.6) is 0 Å². The lowest BCUT2D eigenvalue weighted by Gasteiger charge is -1.96. The number of nitrogens with zero attached hydrogens (tertiary/aromatic N) is 3. The van der Waals surface area contributed by atoms with Crippen molar-refractivity contribution in [1.29, 1.82) is 0 Å². The molecule has 1 rings (SSSR count). The van der Waals surface area contributed by atoms with Gasteiger partial charge in [0.05, 0.1) is 0 Å². The van der Waals surface area contributed by atoms with Gasteiger partial charge in [0.15, 0.2) is 0 Å². The zero-order valence-corrected chi connectivity index (χ0v) is 5.05. The van der Waals surface area contributed by atoms with Gasteiger partial charge >= 0.3 is 0 Å². The van der Waals surface area contributed by atoms with E-state index in [2.05, 4.69) is 31.5 Å². The largest absolute Gasteiger partial charge is 0.287 e. The first kappa shape index (κ1) is 5.96. The molecule has 0 aromatic carbocycles. The summed E-state index contributed by atoms with van der Waals surface area (Å²) in [4.78, 5) is 0. The molecule has 0 spiro atoms. The summed E-state index contributed by atoms with van der Waals surface area (Å²) in [5.41, 5.74) is 5.52. The fourth-order valence-corrected chi connectivity index (χ4v) is 0.382. The van der Waals surface area contributed by atoms with Crippen molar-refractivity contribution in [2.75, 3.05) is 12.0 Å². The van der Waals surface area contributed by atoms with Crippen LogP contribution in [0.25, 0.3) is 0 Å². The van der Waals surface area contributed by atoms with E-state index in [0.717, 1.165) is 6.54 Å². The fraction of sp³-hybridized carbons (Fsp3) is 0.667. The summed E-state index contributed by atoms with van der Waals surface area (Å²) in [6.45, 7) is 2.78. The Bertz CT molecular complexity index is 145. The molecule has 0 aliphatic carbocycles. The molecule has 6 heteroatoms. The number of hydrogen-bond acceptors (Lipinski definition) is 5. The Morgan fingerprint density at radius 2 is 2.56 bits per heavy atom. The van der Waals surface area contributed by atoms with Gasteiger partial charge in [-0.1, -0.05) is 12.0 Å². The van der Waals surface area contributed by atoms with Crippen LogP contribution in [-0.2, 0) is 0 Å². The summed E-state index contributed by atoms with van der Waals surface area (Å²) >= 11 is 0. The van der Waals surface area contributed by atoms with E-state index in [0.29, 0.717) is 5.95 Å². The van der Waals surface area contributed by atoms with E-state index < -0.39 is 0 Å². The highest BCUT2D eigenvalue weighted by Crippen LogP contribution is 1.83. The second kappa shape index (κ2) is 2.98. The van der Waals surface area contributed by atoms with Crippen LogP contribution >= 0.6 is 0 Å². The van der Waals surface area contributed by atoms with Crippen molar-refractivity contribution >= 4 is 5.95 Å². The minimum absolute atomic E-state index is 0.455. The molecule has 50 valence electrons. The van der Waals surface area contributed by atoms with Crippen LogP contribution in [0, 0.1) is 0 Å². The van der Waals surface area contributed by atoms with E-state index in [4.69, 9.17) is 0 Å². The first-order valence-electron chi connectivity index (χ1n) is 2.66. The third-order valence-electron chi connectivity index (χ3n) is 0.722. The Balaban J connectivity index is 2.30. The average molecular weight is 128 g/mol. The zero-order valence-electron chi connectivity index (χ0n) is 5.05. The summed E-state index contributed by atoms with van der Waals surface area (Å²) in [5.74, 6) is 0.455. The maximum absolute atomic E-state index is 3.63. The van der Waals surface area contributed by atoms with Gasteiger partial charge < -0.3 is 0 Å². The molecule has 0 bridgehead atoms. The highest BCUT2D eigenvalue weighted by molar-refractivity contribution is 5.15. The monoisotopic (exact) mass is 128 g/mol. The molecule has 6 nitrogen and oxygen atoms in total. The van der Waals surface area contributed by atoms with Crippen LogP contribution in [0.3, 0.4) is 0 Å². The Morgan fingerprint density at radius 3 is 3.11 bits per heavy atom. The third-order valence-corrected chi connectivity index (χ3v) is 0.722. The van der Waals surface area contributed by atoms with Gasteiger partial charge in [-0.3, -0.25) is 5.43 Å². The fourth-order valence-electron chi connectivity index (χ4n) is 0.382. The standard InChI is InChI=1S/C3H8N6/c1-2-4-5-3-6-8-9-7-3/h4H,2H2,1H3,(H2,5,6,7,8,9). The van der Waals surface area contributed by atoms with Gasteiger partial charge in [0.1, 0.15) is 0 Å². The predicted octanol–water partition coefficient (Wildman–Crippen LogP) is -0.864. The van der Waals surface area contributed by atoms with Crippen molar-refractivity contribution in [3.63, 3.8) is 0 Å². The summed E-state index contributed by atoms with van der Waals surface area (Å²) in [7, 11) is 0. The lowest BCUT2D eigenvalue weighted by Crippen LogP contribution is -2.21. The molecule has 0 amide bonds. The van der Waals surface area contributed by atoms with Crippen LogP contribution in [0.2, 0.25) is 0 Å². The van der Waals surface area contributed by atoms with E-state index in [1.54, 1.807) is 0 Å². The number of H-pyrrole nitrogens is 1. The molecule has 1 heterocycles. The number of hydrogen-bond donors (Lipinski definition) is 3. The maximum Gasteiger partial charge on any atom is 0.277 e. The van der Waals surface area contributed by atoms with Gasteiger partial charge in [0, 0.05) is 6.54 Å². The van der Waals surface area contributed by atoms with E-state index in [1.165, 1.54) is 0 Å². The van der Waals surface area contributed by atoms with Gasteiger partial charge in [0.25, 0.3) is 5.95 Å². The molecule has 0 unspecified atom stereocenters. The molecule has 1 aromatic heterocycles. The molecule has 0 radical (unpaired) electrons. The van der Waals surface area contributed by atoms with Gasteiger partial charge in [-0.25, -0.2) is 5.43 Å². The molecule has 0 atom stereocenters. The summed E-state index contributed by atoms with van der Waals surface area (Å²) in [6, 6.07) is 0. The summed E-state index contributed by atoms with van der Waals surface area (Å²) in [5, 5.41) is 12.9. The van der Waals surface area contributed by atoms with Gasteiger partial charge in [-0.2, -0.15) is 5.21 Å². The van der Waals surface area contributed by atoms with Crippen LogP contribution in [-0.4, -0.2) is 27.2 Å². The SMILES string of the molecule is CCNNc1nn[nH]n1. The van der Waals surface area contributed by atoms with Gasteiger partial charge in [-0.05, 0) is 5.21 Å². The highest BCUT2D eigenvalue weighted by atomic mass is 15.6. The van der Waals surface area contributed by atoms with E-state index in [9.17, 15) is 0 Å². The van der Waals surface area contributed by atoms with Crippen molar-refractivity contribution in [3.05, 3.63) is 0 Å². The lowest BCUT2D eigenvalue weighted by molar-refractivity contribution is 0.826. The number of aromatic nitrogens is 4. The van der Waals surface area contributed by atoms with E-state index in [-0.39, 0.29) is 0 Å². The first-order valence-corrected chi connectivity index (χ1v) is 2.66. The zero-order chi connectivity index (χ0) is 6.53. The first-order chi connectivity index (χ1) is 4.43. The number of aromatic amines is 1. The van der Waals surface area contributed by atoms with Gasteiger partial charge in [-0.15, -0.1) is 5.10 Å². The van der Waals surface area contributed by atoms with E-state index in [1.807, 2.05) is 6.92 Å². The highest BCUT2D eigenvalue weighted by Gasteiger charge is 1.90. The molecule has 0 aliphatic rings. The third kappa shape index (κ3) is 1.65. The van der Waals surface area contributed by atoms with E-state index >= 15 is 0 Å². The second-order valence-corrected chi connectivity index (χ2v) is 1.39. The number of anilines is 1. The van der Waals surface area contributed by atoms with Crippen LogP contribution < -0.4 is 10.9 Å². The number of tetrazole rings is 1. The molecule has 0 aliphatic heterocycles. The maximum atomic E-state index is 3.63. The molecular formula is C3H8N6. The molecule has 9 heavy (non-hydrogen) atoms. The Labute approximate surface area is 52.0 Å². The number of rotatable bonds is 3.